The van der Waals surface area contributed by atoms with Crippen molar-refractivity contribution in [3.8, 4) is 0 Å². The van der Waals surface area contributed by atoms with Crippen molar-refractivity contribution in [2.75, 3.05) is 6.54 Å². The minimum Gasteiger partial charge on any atom is -0.217 e. The van der Waals surface area contributed by atoms with Gasteiger partial charge in [0.05, 0.1) is 0 Å². The average Bonchev–Trinajstić information content (AvgIpc) is 2.11. The van der Waals surface area contributed by atoms with Gasteiger partial charge in [0, 0.05) is 12.6 Å². The van der Waals surface area contributed by atoms with Gasteiger partial charge in [-0.25, -0.2) is 4.42 Å². The van der Waals surface area contributed by atoms with Crippen molar-refractivity contribution in [2.24, 2.45) is 5.41 Å². The summed E-state index contributed by atoms with van der Waals surface area (Å²) in [7, 11) is 0. The van der Waals surface area contributed by atoms with Crippen molar-refractivity contribution in [3.63, 3.8) is 0 Å². The molecular formula is C8H16ClN. The molecule has 1 fully saturated rings. The number of rotatable bonds is 0. The van der Waals surface area contributed by atoms with Crippen LogP contribution in [0.1, 0.15) is 33.6 Å². The summed E-state index contributed by atoms with van der Waals surface area (Å²) < 4.78 is 1.96. The first-order valence-electron chi connectivity index (χ1n) is 3.94. The van der Waals surface area contributed by atoms with Gasteiger partial charge in [0.25, 0.3) is 0 Å². The summed E-state index contributed by atoms with van der Waals surface area (Å²) in [5.74, 6) is 0. The quantitative estimate of drug-likeness (QED) is 0.494. The van der Waals surface area contributed by atoms with Crippen molar-refractivity contribution in [2.45, 2.75) is 39.7 Å². The summed E-state index contributed by atoms with van der Waals surface area (Å²) in [4.78, 5) is 0. The minimum atomic E-state index is 0.345. The highest BCUT2D eigenvalue weighted by atomic mass is 35.5. The van der Waals surface area contributed by atoms with E-state index in [0.29, 0.717) is 11.5 Å². The van der Waals surface area contributed by atoms with Crippen molar-refractivity contribution < 1.29 is 0 Å². The van der Waals surface area contributed by atoms with Crippen molar-refractivity contribution in [1.29, 1.82) is 0 Å². The van der Waals surface area contributed by atoms with Gasteiger partial charge in [0.2, 0.25) is 0 Å². The van der Waals surface area contributed by atoms with Gasteiger partial charge in [0.15, 0.2) is 0 Å². The Hall–Kier alpha value is 0.250. The molecule has 1 rings (SSSR count). The van der Waals surface area contributed by atoms with Crippen LogP contribution in [0, 0.1) is 5.41 Å². The van der Waals surface area contributed by atoms with Gasteiger partial charge >= 0.3 is 0 Å². The molecule has 0 unspecified atom stereocenters. The molecular weight excluding hydrogens is 146 g/mol. The third kappa shape index (κ3) is 1.64. The van der Waals surface area contributed by atoms with Crippen LogP contribution in [0.5, 0.6) is 0 Å². The van der Waals surface area contributed by atoms with Crippen LogP contribution in [0.15, 0.2) is 0 Å². The van der Waals surface area contributed by atoms with E-state index >= 15 is 0 Å². The molecule has 0 aromatic rings. The zero-order chi connectivity index (χ0) is 7.78. The first-order chi connectivity index (χ1) is 4.52. The van der Waals surface area contributed by atoms with E-state index in [2.05, 4.69) is 20.8 Å². The molecule has 10 heavy (non-hydrogen) atoms. The van der Waals surface area contributed by atoms with Crippen LogP contribution in [-0.2, 0) is 0 Å². The summed E-state index contributed by atoms with van der Waals surface area (Å²) in [6.07, 6.45) is 2.51. The minimum absolute atomic E-state index is 0.345. The van der Waals surface area contributed by atoms with Crippen LogP contribution in [0.2, 0.25) is 0 Å². The fourth-order valence-corrected chi connectivity index (χ4v) is 2.09. The van der Waals surface area contributed by atoms with Crippen molar-refractivity contribution in [1.82, 2.24) is 4.42 Å². The largest absolute Gasteiger partial charge is 0.217 e. The molecule has 60 valence electrons. The summed E-state index contributed by atoms with van der Waals surface area (Å²) in [5.41, 5.74) is 0.345. The second-order valence-corrected chi connectivity index (χ2v) is 4.58. The maximum absolute atomic E-state index is 6.00. The zero-order valence-corrected chi connectivity index (χ0v) is 7.78. The smallest absolute Gasteiger partial charge is 0.0300 e. The summed E-state index contributed by atoms with van der Waals surface area (Å²) >= 11 is 6.00. The molecule has 1 saturated heterocycles. The molecule has 0 aromatic carbocycles. The van der Waals surface area contributed by atoms with Gasteiger partial charge < -0.3 is 0 Å². The summed E-state index contributed by atoms with van der Waals surface area (Å²) in [5, 5.41) is 0. The van der Waals surface area contributed by atoms with E-state index in [1.165, 1.54) is 12.8 Å². The third-order valence-corrected chi connectivity index (χ3v) is 2.59. The van der Waals surface area contributed by atoms with E-state index in [1.54, 1.807) is 0 Å². The lowest BCUT2D eigenvalue weighted by Gasteiger charge is -2.30. The molecule has 1 aliphatic heterocycles. The van der Waals surface area contributed by atoms with Gasteiger partial charge in [-0.1, -0.05) is 20.8 Å². The van der Waals surface area contributed by atoms with Gasteiger partial charge in [-0.2, -0.15) is 0 Å². The third-order valence-electron chi connectivity index (χ3n) is 2.19. The molecule has 1 atom stereocenters. The van der Waals surface area contributed by atoms with Crippen LogP contribution in [-0.4, -0.2) is 17.0 Å². The van der Waals surface area contributed by atoms with E-state index in [0.717, 1.165) is 6.54 Å². The number of nitrogens with zero attached hydrogens (tertiary/aromatic N) is 1. The molecule has 1 aliphatic rings. The Labute approximate surface area is 68.5 Å². The van der Waals surface area contributed by atoms with Crippen LogP contribution in [0.4, 0.5) is 0 Å². The Balaban J connectivity index is 2.55. The molecule has 0 spiro atoms. The standard InChI is InChI=1S/C8H16ClN/c1-8(2,3)7-5-4-6-10(7)9/h7H,4-6H2,1-3H3/t7-/m0/s1. The Kier molecular flexibility index (Phi) is 2.26. The molecule has 0 N–H and O–H groups in total. The average molecular weight is 162 g/mol. The Bertz CT molecular complexity index is 117. The normalized spacial score (nSPS) is 29.4. The lowest BCUT2D eigenvalue weighted by atomic mass is 9.86. The second kappa shape index (κ2) is 2.71. The molecule has 0 bridgehead atoms. The van der Waals surface area contributed by atoms with Gasteiger partial charge in [0.1, 0.15) is 0 Å². The maximum atomic E-state index is 6.00. The lowest BCUT2D eigenvalue weighted by molar-refractivity contribution is 0.222. The van der Waals surface area contributed by atoms with Gasteiger partial charge in [-0.05, 0) is 30.0 Å². The highest BCUT2D eigenvalue weighted by Gasteiger charge is 2.32. The molecule has 0 aliphatic carbocycles. The van der Waals surface area contributed by atoms with Crippen LogP contribution in [0.25, 0.3) is 0 Å². The van der Waals surface area contributed by atoms with Crippen molar-refractivity contribution >= 4 is 11.8 Å². The molecule has 0 aromatic heterocycles. The van der Waals surface area contributed by atoms with E-state index < -0.39 is 0 Å². The molecule has 0 radical (unpaired) electrons. The van der Waals surface area contributed by atoms with Crippen LogP contribution >= 0.6 is 11.8 Å². The molecule has 1 heterocycles. The van der Waals surface area contributed by atoms with Gasteiger partial charge in [-0.3, -0.25) is 0 Å². The monoisotopic (exact) mass is 161 g/mol. The Morgan fingerprint density at radius 2 is 2.00 bits per heavy atom. The van der Waals surface area contributed by atoms with Crippen molar-refractivity contribution in [3.05, 3.63) is 0 Å². The Morgan fingerprint density at radius 1 is 1.40 bits per heavy atom. The Morgan fingerprint density at radius 3 is 2.20 bits per heavy atom. The SMILES string of the molecule is CC(C)(C)[C@@H]1CCCN1Cl. The molecule has 1 nitrogen and oxygen atoms in total. The van der Waals surface area contributed by atoms with E-state index in [9.17, 15) is 0 Å². The fraction of sp³-hybridized carbons (Fsp3) is 1.00. The summed E-state index contributed by atoms with van der Waals surface area (Å²) in [6.45, 7) is 7.80. The van der Waals surface area contributed by atoms with Gasteiger partial charge in [-0.15, -0.1) is 0 Å². The number of hydrogen-bond donors (Lipinski definition) is 0. The van der Waals surface area contributed by atoms with Crippen LogP contribution < -0.4 is 0 Å². The molecule has 0 amide bonds. The fourth-order valence-electron chi connectivity index (χ4n) is 1.58. The number of halogens is 1. The first kappa shape index (κ1) is 8.35. The second-order valence-electron chi connectivity index (χ2n) is 4.15. The first-order valence-corrected chi connectivity index (χ1v) is 4.28. The topological polar surface area (TPSA) is 3.24 Å². The lowest BCUT2D eigenvalue weighted by Crippen LogP contribution is -2.33. The highest BCUT2D eigenvalue weighted by Crippen LogP contribution is 2.33. The highest BCUT2D eigenvalue weighted by molar-refractivity contribution is 6.13. The number of hydrogen-bond acceptors (Lipinski definition) is 1. The molecule has 2 heteroatoms. The zero-order valence-electron chi connectivity index (χ0n) is 7.02. The van der Waals surface area contributed by atoms with E-state index in [1.807, 2.05) is 4.42 Å². The van der Waals surface area contributed by atoms with E-state index in [-0.39, 0.29) is 0 Å². The van der Waals surface area contributed by atoms with E-state index in [4.69, 9.17) is 11.8 Å². The maximum Gasteiger partial charge on any atom is 0.0300 e. The van der Waals surface area contributed by atoms with Crippen LogP contribution in [0.3, 0.4) is 0 Å². The predicted octanol–water partition coefficient (Wildman–Crippen LogP) is 2.65. The molecule has 0 saturated carbocycles. The summed E-state index contributed by atoms with van der Waals surface area (Å²) in [6, 6.07) is 0.578. The predicted molar refractivity (Wildman–Crippen MR) is 45.0 cm³/mol.